The van der Waals surface area contributed by atoms with E-state index in [0.717, 1.165) is 22.0 Å². The summed E-state index contributed by atoms with van der Waals surface area (Å²) in [6.45, 7) is 9.38. The van der Waals surface area contributed by atoms with Gasteiger partial charge in [0.2, 0.25) is 0 Å². The number of carbonyl (C=O) groups excluding carboxylic acids is 1. The Hall–Kier alpha value is -2.48. The Morgan fingerprint density at radius 2 is 1.86 bits per heavy atom. The van der Waals surface area contributed by atoms with Crippen molar-refractivity contribution < 1.29 is 31.1 Å². The topological polar surface area (TPSA) is 83.0 Å². The summed E-state index contributed by atoms with van der Waals surface area (Å²) < 4.78 is 75.1. The van der Waals surface area contributed by atoms with Crippen LogP contribution >= 0.6 is 0 Å². The Morgan fingerprint density at radius 1 is 1.19 bits per heavy atom. The summed E-state index contributed by atoms with van der Waals surface area (Å²) in [5.41, 5.74) is 0.345. The van der Waals surface area contributed by atoms with Gasteiger partial charge in [0.25, 0.3) is 5.91 Å². The van der Waals surface area contributed by atoms with Crippen LogP contribution in [0.25, 0.3) is 0 Å². The highest BCUT2D eigenvalue weighted by molar-refractivity contribution is 7.90. The first-order valence-electron chi connectivity index (χ1n) is 11.8. The molecule has 0 saturated carbocycles. The van der Waals surface area contributed by atoms with Crippen molar-refractivity contribution in [1.82, 2.24) is 9.29 Å². The normalized spacial score (nSPS) is 18.3. The number of hydrogen-bond donors (Lipinski definition) is 0. The van der Waals surface area contributed by atoms with Crippen LogP contribution in [0.4, 0.5) is 24.7 Å². The van der Waals surface area contributed by atoms with Gasteiger partial charge in [-0.25, -0.2) is 9.29 Å². The molecule has 3 rings (SSSR count). The van der Waals surface area contributed by atoms with Crippen molar-refractivity contribution in [3.63, 3.8) is 0 Å². The fourth-order valence-electron chi connectivity index (χ4n) is 3.88. The average molecular weight is 559 g/mol. The highest BCUT2D eigenvalue weighted by Gasteiger charge is 2.50. The maximum absolute atomic E-state index is 13.6. The van der Waals surface area contributed by atoms with Crippen molar-refractivity contribution in [3.8, 4) is 0 Å². The molecule has 1 aliphatic heterocycles. The van der Waals surface area contributed by atoms with Gasteiger partial charge < -0.3 is 9.64 Å². The van der Waals surface area contributed by atoms with Crippen molar-refractivity contribution in [2.45, 2.75) is 51.8 Å². The summed E-state index contributed by atoms with van der Waals surface area (Å²) in [7, 11) is -4.35. The van der Waals surface area contributed by atoms with Crippen LogP contribution < -0.4 is 9.21 Å². The number of rotatable bonds is 8. The number of carbonyl (C=O) groups is 1. The highest BCUT2D eigenvalue weighted by atomic mass is 32.2. The second-order valence-corrected chi connectivity index (χ2v) is 17.8. The molecule has 0 radical (unpaired) electrons. The van der Waals surface area contributed by atoms with E-state index in [9.17, 15) is 26.4 Å². The number of anilines is 2. The molecule has 13 heteroatoms. The molecule has 0 aliphatic carbocycles. The largest absolute Gasteiger partial charge is 0.416 e. The molecule has 0 unspecified atom stereocenters. The smallest absolute Gasteiger partial charge is 0.365 e. The number of amides is 1. The van der Waals surface area contributed by atoms with Crippen LogP contribution in [0, 0.1) is 13.8 Å². The summed E-state index contributed by atoms with van der Waals surface area (Å²) in [4.78, 5) is 19.0. The number of aromatic nitrogens is 1. The molecule has 1 fully saturated rings. The second-order valence-electron chi connectivity index (χ2n) is 10.4. The van der Waals surface area contributed by atoms with Crippen molar-refractivity contribution >= 4 is 35.7 Å². The van der Waals surface area contributed by atoms with E-state index in [-0.39, 0.29) is 19.0 Å². The van der Waals surface area contributed by atoms with Crippen LogP contribution in [0.1, 0.15) is 16.8 Å². The number of halogens is 3. The molecule has 37 heavy (non-hydrogen) atoms. The molecule has 0 bridgehead atoms. The molecule has 1 saturated heterocycles. The van der Waals surface area contributed by atoms with Crippen LogP contribution in [-0.4, -0.2) is 64.7 Å². The van der Waals surface area contributed by atoms with Gasteiger partial charge >= 0.3 is 16.4 Å². The molecular formula is C24H33F3N4O4SSi. The third-order valence-corrected chi connectivity index (χ3v) is 9.51. The number of aryl methyl sites for hydroxylation is 2. The minimum absolute atomic E-state index is 0.0249. The molecule has 1 aromatic carbocycles. The Bertz CT molecular complexity index is 1250. The molecule has 2 aromatic rings. The Morgan fingerprint density at radius 3 is 2.46 bits per heavy atom. The van der Waals surface area contributed by atoms with E-state index in [1.165, 1.54) is 18.9 Å². The lowest BCUT2D eigenvalue weighted by molar-refractivity contribution is -0.137. The zero-order valence-corrected chi connectivity index (χ0v) is 23.7. The fourth-order valence-corrected chi connectivity index (χ4v) is 6.23. The maximum atomic E-state index is 13.6. The van der Waals surface area contributed by atoms with E-state index in [1.807, 2.05) is 13.0 Å². The number of hydrogen-bond acceptors (Lipinski definition) is 5. The van der Waals surface area contributed by atoms with Crippen LogP contribution in [0.3, 0.4) is 0 Å². The van der Waals surface area contributed by atoms with E-state index >= 15 is 0 Å². The Labute approximate surface area is 217 Å². The van der Waals surface area contributed by atoms with Gasteiger partial charge in [0.15, 0.2) is 0 Å². The van der Waals surface area contributed by atoms with E-state index < -0.39 is 47.8 Å². The summed E-state index contributed by atoms with van der Waals surface area (Å²) in [5.74, 6) is -1.07. The molecule has 1 aliphatic rings. The molecule has 8 nitrogen and oxygen atoms in total. The van der Waals surface area contributed by atoms with Gasteiger partial charge in [-0.05, 0) is 49.7 Å². The third kappa shape index (κ3) is 6.89. The van der Waals surface area contributed by atoms with Gasteiger partial charge in [-0.1, -0.05) is 31.8 Å². The molecule has 2 heterocycles. The van der Waals surface area contributed by atoms with E-state index in [4.69, 9.17) is 4.74 Å². The predicted octanol–water partition coefficient (Wildman–Crippen LogP) is 4.43. The number of ether oxygens (including phenoxy) is 1. The lowest BCUT2D eigenvalue weighted by atomic mass is 10.1. The first-order chi connectivity index (χ1) is 17.0. The lowest BCUT2D eigenvalue weighted by Crippen LogP contribution is -2.47. The van der Waals surface area contributed by atoms with E-state index in [1.54, 1.807) is 18.2 Å². The second kappa shape index (κ2) is 10.7. The number of likely N-dealkylation sites (N-methyl/N-ethyl adjacent to an activating group) is 1. The van der Waals surface area contributed by atoms with Crippen LogP contribution in [0.2, 0.25) is 25.7 Å². The third-order valence-electron chi connectivity index (χ3n) is 5.96. The number of pyridine rings is 1. The SMILES string of the molecule is Cc1cccc(N(C)C(=O)[C@@H]2CN(COCC[Si](C)(C)C)S(=O)(=O)N2c2cc(C(F)(F)F)cc(C)n2)c1. The van der Waals surface area contributed by atoms with Crippen molar-refractivity contribution in [2.24, 2.45) is 0 Å². The predicted molar refractivity (Wildman–Crippen MR) is 139 cm³/mol. The highest BCUT2D eigenvalue weighted by Crippen LogP contribution is 2.35. The molecule has 1 atom stereocenters. The van der Waals surface area contributed by atoms with Gasteiger partial charge in [-0.15, -0.1) is 0 Å². The molecule has 0 spiro atoms. The Balaban J connectivity index is 2.01. The van der Waals surface area contributed by atoms with Gasteiger partial charge in [-0.3, -0.25) is 4.79 Å². The minimum Gasteiger partial charge on any atom is -0.365 e. The summed E-state index contributed by atoms with van der Waals surface area (Å²) in [6.07, 6.45) is -4.72. The summed E-state index contributed by atoms with van der Waals surface area (Å²) >= 11 is 0. The number of nitrogens with zero attached hydrogens (tertiary/aromatic N) is 4. The molecule has 1 amide bonds. The summed E-state index contributed by atoms with van der Waals surface area (Å²) in [5, 5.41) is 0. The summed E-state index contributed by atoms with van der Waals surface area (Å²) in [6, 6.07) is 8.02. The maximum Gasteiger partial charge on any atom is 0.416 e. The van der Waals surface area contributed by atoms with Crippen molar-refractivity contribution in [3.05, 3.63) is 53.2 Å². The molecule has 1 aromatic heterocycles. The zero-order chi connectivity index (χ0) is 27.8. The van der Waals surface area contributed by atoms with Crippen molar-refractivity contribution in [1.29, 1.82) is 0 Å². The van der Waals surface area contributed by atoms with Gasteiger partial charge in [0.05, 0.1) is 5.56 Å². The lowest BCUT2D eigenvalue weighted by Gasteiger charge is -2.27. The van der Waals surface area contributed by atoms with Crippen LogP contribution in [0.15, 0.2) is 36.4 Å². The van der Waals surface area contributed by atoms with Gasteiger partial charge in [-0.2, -0.15) is 25.9 Å². The fraction of sp³-hybridized carbons (Fsp3) is 0.500. The zero-order valence-electron chi connectivity index (χ0n) is 21.8. The number of benzene rings is 1. The monoisotopic (exact) mass is 558 g/mol. The van der Waals surface area contributed by atoms with Crippen molar-refractivity contribution in [2.75, 3.05) is 36.1 Å². The standard InChI is InChI=1S/C24H33F3N4O4SSi/c1-17-8-7-9-20(12-17)29(3)23(32)21-15-30(16-35-10-11-37(4,5)6)36(33,34)31(21)22-14-19(24(25,26)27)13-18(2)28-22/h7-9,12-14,21H,10-11,15-16H2,1-6H3/t21-/m0/s1. The van der Waals surface area contributed by atoms with E-state index in [0.29, 0.717) is 22.7 Å². The molecular weight excluding hydrogens is 525 g/mol. The number of alkyl halides is 3. The van der Waals surface area contributed by atoms with Gasteiger partial charge in [0, 0.05) is 39.7 Å². The minimum atomic E-state index is -4.72. The molecule has 0 N–H and O–H groups in total. The van der Waals surface area contributed by atoms with Crippen LogP contribution in [0.5, 0.6) is 0 Å². The average Bonchev–Trinajstić information content (AvgIpc) is 3.04. The molecule has 204 valence electrons. The van der Waals surface area contributed by atoms with Crippen LogP contribution in [-0.2, 0) is 25.9 Å². The van der Waals surface area contributed by atoms with Gasteiger partial charge in [0.1, 0.15) is 18.6 Å². The van der Waals surface area contributed by atoms with E-state index in [2.05, 4.69) is 24.6 Å². The Kier molecular flexibility index (Phi) is 8.42. The first-order valence-corrected chi connectivity index (χ1v) is 16.9. The quantitative estimate of drug-likeness (QED) is 0.354. The first kappa shape index (κ1) is 29.1.